The summed E-state index contributed by atoms with van der Waals surface area (Å²) in [5, 5.41) is 12.0. The number of esters is 3. The second-order valence-corrected chi connectivity index (χ2v) is 6.78. The van der Waals surface area contributed by atoms with E-state index in [-0.39, 0.29) is 18.1 Å². The van der Waals surface area contributed by atoms with Gasteiger partial charge in [0.15, 0.2) is 17.6 Å². The van der Waals surface area contributed by atoms with Crippen molar-refractivity contribution in [1.29, 1.82) is 0 Å². The Hall–Kier alpha value is -3.33. The van der Waals surface area contributed by atoms with Gasteiger partial charge < -0.3 is 28.8 Å². The van der Waals surface area contributed by atoms with Crippen molar-refractivity contribution in [1.82, 2.24) is 0 Å². The Bertz CT molecular complexity index is 955. The Kier molecular flexibility index (Phi) is 6.41. The maximum absolute atomic E-state index is 11.6. The van der Waals surface area contributed by atoms with Gasteiger partial charge in [0, 0.05) is 20.8 Å². The Balaban J connectivity index is 1.90. The third-order valence-corrected chi connectivity index (χ3v) is 4.39. The van der Waals surface area contributed by atoms with Gasteiger partial charge in [-0.3, -0.25) is 14.4 Å². The first-order chi connectivity index (χ1) is 14.2. The molecule has 2 unspecified atom stereocenters. The lowest BCUT2D eigenvalue weighted by molar-refractivity contribution is -0.170. The van der Waals surface area contributed by atoms with Crippen LogP contribution < -0.4 is 4.74 Å². The largest absolute Gasteiger partial charge is 0.504 e. The predicted molar refractivity (Wildman–Crippen MR) is 103 cm³/mol. The average molecular weight is 418 g/mol. The molecule has 2 aromatic rings. The summed E-state index contributed by atoms with van der Waals surface area (Å²) in [6.45, 7) is 3.36. The molecule has 1 saturated heterocycles. The van der Waals surface area contributed by atoms with Crippen LogP contribution in [0.1, 0.15) is 20.8 Å². The molecule has 0 bridgehead atoms. The zero-order chi connectivity index (χ0) is 21.8. The fraction of sp³-hybridized carbons (Fsp3) is 0.381. The molecular weight excluding hydrogens is 396 g/mol. The lowest BCUT2D eigenvalue weighted by atomic mass is 10.1. The minimum absolute atomic E-state index is 0.0885. The Morgan fingerprint density at radius 2 is 1.53 bits per heavy atom. The molecule has 0 saturated carbocycles. The van der Waals surface area contributed by atoms with E-state index in [0.29, 0.717) is 0 Å². The molecular formula is C21H22O9. The van der Waals surface area contributed by atoms with E-state index in [1.165, 1.54) is 26.8 Å². The van der Waals surface area contributed by atoms with E-state index in [1.807, 2.05) is 24.3 Å². The van der Waals surface area contributed by atoms with Crippen LogP contribution >= 0.6 is 0 Å². The predicted octanol–water partition coefficient (Wildman–Crippen LogP) is 2.08. The molecule has 9 nitrogen and oxygen atoms in total. The van der Waals surface area contributed by atoms with Crippen molar-refractivity contribution in [2.75, 3.05) is 6.61 Å². The minimum atomic E-state index is -1.22. The zero-order valence-corrected chi connectivity index (χ0v) is 16.7. The van der Waals surface area contributed by atoms with E-state index >= 15 is 0 Å². The number of rotatable bonds is 6. The number of hydrogen-bond donors (Lipinski definition) is 1. The highest BCUT2D eigenvalue weighted by Crippen LogP contribution is 2.36. The van der Waals surface area contributed by atoms with Gasteiger partial charge in [0.25, 0.3) is 0 Å². The standard InChI is InChI=1S/C21H22O9/c1-11(22)26-10-18-19(27-12(2)23)20(28-13(3)24)21(30-18)29-17-9-15-7-5-4-6-14(15)8-16(17)25/h4-9,18-21,25H,10H2,1-3H3/t18-,19?,20?,21-/m1/s1. The fourth-order valence-corrected chi connectivity index (χ4v) is 3.20. The van der Waals surface area contributed by atoms with E-state index < -0.39 is 42.5 Å². The Labute approximate surface area is 172 Å². The van der Waals surface area contributed by atoms with Crippen LogP contribution in [0.3, 0.4) is 0 Å². The Morgan fingerprint density at radius 3 is 2.13 bits per heavy atom. The molecule has 1 aliphatic rings. The average Bonchev–Trinajstić information content (AvgIpc) is 2.96. The number of carbonyl (C=O) groups is 3. The highest BCUT2D eigenvalue weighted by atomic mass is 16.7. The van der Waals surface area contributed by atoms with Gasteiger partial charge in [0.05, 0.1) is 0 Å². The van der Waals surface area contributed by atoms with Gasteiger partial charge in [-0.15, -0.1) is 0 Å². The van der Waals surface area contributed by atoms with Gasteiger partial charge in [-0.25, -0.2) is 0 Å². The number of carbonyl (C=O) groups excluding carboxylic acids is 3. The van der Waals surface area contributed by atoms with E-state index in [0.717, 1.165) is 10.8 Å². The first-order valence-electron chi connectivity index (χ1n) is 9.26. The van der Waals surface area contributed by atoms with Crippen molar-refractivity contribution in [3.05, 3.63) is 36.4 Å². The summed E-state index contributed by atoms with van der Waals surface area (Å²) < 4.78 is 27.1. The third-order valence-electron chi connectivity index (χ3n) is 4.39. The SMILES string of the molecule is CC(=O)OC[C@H]1O[C@@H](Oc2cc3ccccc3cc2O)C(OC(C)=O)C1OC(C)=O. The third kappa shape index (κ3) is 4.98. The van der Waals surface area contributed by atoms with Gasteiger partial charge in [-0.05, 0) is 22.9 Å². The van der Waals surface area contributed by atoms with Gasteiger partial charge in [-0.2, -0.15) is 0 Å². The second kappa shape index (κ2) is 9.00. The lowest BCUT2D eigenvalue weighted by Gasteiger charge is -2.23. The topological polar surface area (TPSA) is 118 Å². The van der Waals surface area contributed by atoms with Crippen molar-refractivity contribution >= 4 is 28.7 Å². The molecule has 30 heavy (non-hydrogen) atoms. The quantitative estimate of drug-likeness (QED) is 0.556. The molecule has 0 radical (unpaired) electrons. The molecule has 1 aliphatic heterocycles. The molecule has 1 fully saturated rings. The number of phenols is 1. The zero-order valence-electron chi connectivity index (χ0n) is 16.7. The van der Waals surface area contributed by atoms with Crippen molar-refractivity contribution in [3.63, 3.8) is 0 Å². The van der Waals surface area contributed by atoms with Gasteiger partial charge in [0.1, 0.15) is 12.7 Å². The van der Waals surface area contributed by atoms with Crippen LogP contribution in [-0.2, 0) is 33.3 Å². The summed E-state index contributed by atoms with van der Waals surface area (Å²) >= 11 is 0. The molecule has 0 aromatic heterocycles. The molecule has 0 spiro atoms. The molecule has 3 rings (SSSR count). The fourth-order valence-electron chi connectivity index (χ4n) is 3.20. The summed E-state index contributed by atoms with van der Waals surface area (Å²) in [6.07, 6.45) is -4.36. The van der Waals surface area contributed by atoms with E-state index in [2.05, 4.69) is 0 Å². The van der Waals surface area contributed by atoms with E-state index in [1.54, 1.807) is 6.07 Å². The summed E-state index contributed by atoms with van der Waals surface area (Å²) in [5.74, 6) is -1.90. The van der Waals surface area contributed by atoms with Crippen molar-refractivity contribution in [3.8, 4) is 11.5 Å². The van der Waals surface area contributed by atoms with Crippen molar-refractivity contribution in [2.24, 2.45) is 0 Å². The number of aromatic hydroxyl groups is 1. The van der Waals surface area contributed by atoms with Gasteiger partial charge in [-0.1, -0.05) is 24.3 Å². The first-order valence-corrected chi connectivity index (χ1v) is 9.26. The number of fused-ring (bicyclic) bond motifs is 1. The minimum Gasteiger partial charge on any atom is -0.504 e. The number of hydrogen-bond acceptors (Lipinski definition) is 9. The van der Waals surface area contributed by atoms with Crippen LogP contribution in [-0.4, -0.2) is 54.2 Å². The summed E-state index contributed by atoms with van der Waals surface area (Å²) in [7, 11) is 0. The maximum atomic E-state index is 11.6. The number of benzene rings is 2. The first kappa shape index (κ1) is 21.4. The van der Waals surface area contributed by atoms with Gasteiger partial charge >= 0.3 is 17.9 Å². The second-order valence-electron chi connectivity index (χ2n) is 6.78. The molecule has 4 atom stereocenters. The molecule has 1 heterocycles. The monoisotopic (exact) mass is 418 g/mol. The van der Waals surface area contributed by atoms with Crippen LogP contribution in [0.25, 0.3) is 10.8 Å². The van der Waals surface area contributed by atoms with Crippen molar-refractivity contribution < 1.29 is 43.2 Å². The Morgan fingerprint density at radius 1 is 0.933 bits per heavy atom. The summed E-state index contributed by atoms with van der Waals surface area (Å²) in [6, 6.07) is 10.5. The van der Waals surface area contributed by atoms with E-state index in [9.17, 15) is 19.5 Å². The number of phenolic OH excluding ortho intramolecular Hbond substituents is 1. The molecule has 0 aliphatic carbocycles. The highest BCUT2D eigenvalue weighted by molar-refractivity contribution is 5.85. The number of ether oxygens (including phenoxy) is 5. The van der Waals surface area contributed by atoms with Crippen LogP contribution in [0, 0.1) is 0 Å². The summed E-state index contributed by atoms with van der Waals surface area (Å²) in [5.41, 5.74) is 0. The molecule has 0 amide bonds. The maximum Gasteiger partial charge on any atom is 0.303 e. The normalized spacial score (nSPS) is 23.0. The molecule has 160 valence electrons. The van der Waals surface area contributed by atoms with Crippen LogP contribution in [0.2, 0.25) is 0 Å². The summed E-state index contributed by atoms with van der Waals surface area (Å²) in [4.78, 5) is 34.4. The smallest absolute Gasteiger partial charge is 0.303 e. The van der Waals surface area contributed by atoms with Crippen LogP contribution in [0.4, 0.5) is 0 Å². The molecule has 2 aromatic carbocycles. The highest BCUT2D eigenvalue weighted by Gasteiger charge is 2.51. The molecule has 1 N–H and O–H groups in total. The lowest BCUT2D eigenvalue weighted by Crippen LogP contribution is -2.42. The van der Waals surface area contributed by atoms with E-state index in [4.69, 9.17) is 23.7 Å². The van der Waals surface area contributed by atoms with Crippen molar-refractivity contribution in [2.45, 2.75) is 45.4 Å². The van der Waals surface area contributed by atoms with Crippen LogP contribution in [0.5, 0.6) is 11.5 Å². The van der Waals surface area contributed by atoms with Gasteiger partial charge in [0.2, 0.25) is 12.4 Å². The molecule has 9 heteroatoms. The van der Waals surface area contributed by atoms with Crippen LogP contribution in [0.15, 0.2) is 36.4 Å².